The molecule has 126 valence electrons. The Bertz CT molecular complexity index is 521. The van der Waals surface area contributed by atoms with Gasteiger partial charge < -0.3 is 10.1 Å². The van der Waals surface area contributed by atoms with E-state index in [0.717, 1.165) is 18.5 Å². The smallest absolute Gasteiger partial charge is 0.306 e. The van der Waals surface area contributed by atoms with Crippen molar-refractivity contribution in [2.24, 2.45) is 5.92 Å². The molecule has 0 bridgehead atoms. The van der Waals surface area contributed by atoms with Crippen molar-refractivity contribution in [3.63, 3.8) is 0 Å². The predicted molar refractivity (Wildman–Crippen MR) is 86.6 cm³/mol. The summed E-state index contributed by atoms with van der Waals surface area (Å²) < 4.78 is 5.39. The summed E-state index contributed by atoms with van der Waals surface area (Å²) in [6, 6.07) is 4.21. The fraction of sp³-hybridized carbons (Fsp3) is 0.588. The largest absolute Gasteiger partial charge is 0.465 e. The van der Waals surface area contributed by atoms with Gasteiger partial charge in [0, 0.05) is 37.3 Å². The van der Waals surface area contributed by atoms with Gasteiger partial charge in [-0.3, -0.25) is 19.5 Å². The van der Waals surface area contributed by atoms with E-state index in [0.29, 0.717) is 13.2 Å². The average molecular weight is 319 g/mol. The number of hydrogen-bond donors (Lipinski definition) is 1. The van der Waals surface area contributed by atoms with Crippen LogP contribution in [0.2, 0.25) is 0 Å². The Hall–Kier alpha value is -1.95. The first-order chi connectivity index (χ1) is 11.1. The van der Waals surface area contributed by atoms with Crippen molar-refractivity contribution in [1.29, 1.82) is 0 Å². The Morgan fingerprint density at radius 1 is 1.43 bits per heavy atom. The predicted octanol–water partition coefficient (Wildman–Crippen LogP) is 1.53. The third-order valence-corrected chi connectivity index (χ3v) is 4.19. The van der Waals surface area contributed by atoms with Gasteiger partial charge in [-0.25, -0.2) is 0 Å². The molecule has 0 saturated carbocycles. The van der Waals surface area contributed by atoms with E-state index in [2.05, 4.69) is 28.3 Å². The molecule has 0 radical (unpaired) electrons. The van der Waals surface area contributed by atoms with Crippen LogP contribution in [0.15, 0.2) is 24.5 Å². The second kappa shape index (κ2) is 8.62. The minimum absolute atomic E-state index is 0.113. The number of nitrogens with zero attached hydrogens (tertiary/aromatic N) is 2. The van der Waals surface area contributed by atoms with Crippen LogP contribution in [0.3, 0.4) is 0 Å². The molecule has 6 heteroatoms. The number of nitrogens with one attached hydrogen (secondary N) is 1. The lowest BCUT2D eigenvalue weighted by molar-refractivity contribution is -0.146. The summed E-state index contributed by atoms with van der Waals surface area (Å²) in [5.41, 5.74) is 1.15. The van der Waals surface area contributed by atoms with Crippen LogP contribution in [-0.4, -0.2) is 48.5 Å². The molecule has 1 aliphatic heterocycles. The van der Waals surface area contributed by atoms with E-state index < -0.39 is 0 Å². The number of carbonyl (C=O) groups excluding carboxylic acids is 2. The monoisotopic (exact) mass is 319 g/mol. The van der Waals surface area contributed by atoms with Gasteiger partial charge in [0.05, 0.1) is 13.0 Å². The first-order valence-electron chi connectivity index (χ1n) is 8.14. The van der Waals surface area contributed by atoms with Gasteiger partial charge in [0.1, 0.15) is 0 Å². The van der Waals surface area contributed by atoms with E-state index in [9.17, 15) is 9.59 Å². The Morgan fingerprint density at radius 3 is 2.96 bits per heavy atom. The van der Waals surface area contributed by atoms with E-state index >= 15 is 0 Å². The van der Waals surface area contributed by atoms with E-state index in [1.54, 1.807) is 6.20 Å². The van der Waals surface area contributed by atoms with Crippen molar-refractivity contribution in [3.8, 4) is 0 Å². The summed E-state index contributed by atoms with van der Waals surface area (Å²) >= 11 is 0. The number of rotatable bonds is 7. The van der Waals surface area contributed by atoms with Crippen molar-refractivity contribution in [1.82, 2.24) is 15.2 Å². The van der Waals surface area contributed by atoms with Gasteiger partial charge in [-0.1, -0.05) is 6.07 Å². The summed E-state index contributed by atoms with van der Waals surface area (Å²) in [5, 5.41) is 2.67. The third-order valence-electron chi connectivity index (χ3n) is 4.19. The minimum atomic E-state index is -0.309. The number of aromatic nitrogens is 1. The Balaban J connectivity index is 1.82. The van der Waals surface area contributed by atoms with Gasteiger partial charge in [-0.2, -0.15) is 0 Å². The lowest BCUT2D eigenvalue weighted by Gasteiger charge is -2.25. The molecule has 2 heterocycles. The molecule has 1 aromatic heterocycles. The maximum absolute atomic E-state index is 11.8. The molecular formula is C17H25N3O3. The molecule has 6 nitrogen and oxygen atoms in total. The van der Waals surface area contributed by atoms with Crippen LogP contribution in [0.1, 0.15) is 37.8 Å². The summed E-state index contributed by atoms with van der Waals surface area (Å²) in [6.45, 7) is 3.79. The number of likely N-dealkylation sites (tertiary alicyclic amines) is 1. The van der Waals surface area contributed by atoms with Crippen LogP contribution in [0.25, 0.3) is 0 Å². The van der Waals surface area contributed by atoms with Gasteiger partial charge >= 0.3 is 5.97 Å². The molecule has 2 atom stereocenters. The standard InChI is InChI=1S/C17H25N3O3/c1-3-19-15(21)6-7-16(22)23-12-14-8-10-20(2)17(14)13-5-4-9-18-11-13/h4-5,9,11,14,17H,3,6-8,10,12H2,1-2H3,(H,19,21)/t14-,17-/m0/s1. The number of ether oxygens (including phenoxy) is 1. The zero-order chi connectivity index (χ0) is 16.7. The molecule has 0 unspecified atom stereocenters. The normalized spacial score (nSPS) is 21.1. The van der Waals surface area contributed by atoms with Crippen LogP contribution >= 0.6 is 0 Å². The molecular weight excluding hydrogens is 294 g/mol. The molecule has 1 fully saturated rings. The maximum Gasteiger partial charge on any atom is 0.306 e. The molecule has 1 aromatic rings. The second-order valence-corrected chi connectivity index (χ2v) is 5.90. The minimum Gasteiger partial charge on any atom is -0.465 e. The highest BCUT2D eigenvalue weighted by Gasteiger charge is 2.33. The summed E-state index contributed by atoms with van der Waals surface area (Å²) in [7, 11) is 2.08. The molecule has 0 aromatic carbocycles. The van der Waals surface area contributed by atoms with Crippen molar-refractivity contribution in [2.45, 2.75) is 32.2 Å². The van der Waals surface area contributed by atoms with Gasteiger partial charge in [0.25, 0.3) is 0 Å². The second-order valence-electron chi connectivity index (χ2n) is 5.90. The van der Waals surface area contributed by atoms with E-state index in [4.69, 9.17) is 4.74 Å². The van der Waals surface area contributed by atoms with Gasteiger partial charge in [0.2, 0.25) is 5.91 Å². The van der Waals surface area contributed by atoms with Crippen molar-refractivity contribution >= 4 is 11.9 Å². The lowest BCUT2D eigenvalue weighted by Crippen LogP contribution is -2.25. The molecule has 0 aliphatic carbocycles. The van der Waals surface area contributed by atoms with Crippen LogP contribution in [0.5, 0.6) is 0 Å². The van der Waals surface area contributed by atoms with E-state index in [-0.39, 0.29) is 36.7 Å². The molecule has 1 saturated heterocycles. The zero-order valence-electron chi connectivity index (χ0n) is 13.8. The molecule has 2 rings (SSSR count). The van der Waals surface area contributed by atoms with E-state index in [1.165, 1.54) is 0 Å². The average Bonchev–Trinajstić information content (AvgIpc) is 2.93. The summed E-state index contributed by atoms with van der Waals surface area (Å²) in [6.07, 6.45) is 4.93. The van der Waals surface area contributed by atoms with Crippen molar-refractivity contribution in [2.75, 3.05) is 26.7 Å². The fourth-order valence-electron chi connectivity index (χ4n) is 3.05. The molecule has 1 amide bonds. The zero-order valence-corrected chi connectivity index (χ0v) is 13.8. The quantitative estimate of drug-likeness (QED) is 0.772. The van der Waals surface area contributed by atoms with Crippen molar-refractivity contribution < 1.29 is 14.3 Å². The molecule has 23 heavy (non-hydrogen) atoms. The van der Waals surface area contributed by atoms with Crippen LogP contribution in [0.4, 0.5) is 0 Å². The fourth-order valence-corrected chi connectivity index (χ4v) is 3.05. The first-order valence-corrected chi connectivity index (χ1v) is 8.14. The van der Waals surface area contributed by atoms with E-state index in [1.807, 2.05) is 19.2 Å². The number of esters is 1. The first kappa shape index (κ1) is 17.4. The van der Waals surface area contributed by atoms with Crippen LogP contribution in [-0.2, 0) is 14.3 Å². The highest BCUT2D eigenvalue weighted by Crippen LogP contribution is 2.35. The maximum atomic E-state index is 11.8. The molecule has 1 aliphatic rings. The Labute approximate surface area is 137 Å². The lowest BCUT2D eigenvalue weighted by atomic mass is 9.96. The molecule has 0 spiro atoms. The highest BCUT2D eigenvalue weighted by atomic mass is 16.5. The Kier molecular flexibility index (Phi) is 6.52. The van der Waals surface area contributed by atoms with Crippen molar-refractivity contribution in [3.05, 3.63) is 30.1 Å². The van der Waals surface area contributed by atoms with Gasteiger partial charge in [-0.05, 0) is 38.6 Å². The SMILES string of the molecule is CCNC(=O)CCC(=O)OC[C@@H]1CCN(C)[C@H]1c1cccnc1. The topological polar surface area (TPSA) is 71.5 Å². The summed E-state index contributed by atoms with van der Waals surface area (Å²) in [5.74, 6) is -0.161. The number of amides is 1. The number of hydrogen-bond acceptors (Lipinski definition) is 5. The summed E-state index contributed by atoms with van der Waals surface area (Å²) in [4.78, 5) is 29.6. The van der Waals surface area contributed by atoms with Gasteiger partial charge in [-0.15, -0.1) is 0 Å². The number of carbonyl (C=O) groups is 2. The van der Waals surface area contributed by atoms with Crippen LogP contribution < -0.4 is 5.32 Å². The third kappa shape index (κ3) is 5.03. The highest BCUT2D eigenvalue weighted by molar-refractivity contribution is 5.81. The molecule has 1 N–H and O–H groups in total. The number of pyridine rings is 1. The Morgan fingerprint density at radius 2 is 2.26 bits per heavy atom. The van der Waals surface area contributed by atoms with Gasteiger partial charge in [0.15, 0.2) is 0 Å². The van der Waals surface area contributed by atoms with Crippen LogP contribution in [0, 0.1) is 5.92 Å².